The minimum absolute atomic E-state index is 0.00784. The van der Waals surface area contributed by atoms with Crippen molar-refractivity contribution in [2.45, 2.75) is 70.9 Å². The first kappa shape index (κ1) is 23.1. The highest BCUT2D eigenvalue weighted by molar-refractivity contribution is 5.90. The Morgan fingerprint density at radius 3 is 1.45 bits per heavy atom. The third-order valence-corrected chi connectivity index (χ3v) is 6.95. The summed E-state index contributed by atoms with van der Waals surface area (Å²) in [6, 6.07) is 16.7. The minimum Gasteiger partial charge on any atom is -0.322 e. The number of hydrogen-bond acceptors (Lipinski definition) is 2. The Kier molecular flexibility index (Phi) is 7.53. The topological polar surface area (TPSA) is 64.7 Å². The van der Waals surface area contributed by atoms with Crippen molar-refractivity contribution in [3.8, 4) is 0 Å². The maximum Gasteiger partial charge on any atom is 0.322 e. The van der Waals surface area contributed by atoms with Crippen LogP contribution < -0.4 is 10.6 Å². The fourth-order valence-corrected chi connectivity index (χ4v) is 4.84. The molecule has 4 amide bonds. The molecule has 2 atom stereocenters. The quantitative estimate of drug-likeness (QED) is 0.594. The third-order valence-electron chi connectivity index (χ3n) is 6.95. The van der Waals surface area contributed by atoms with E-state index in [0.717, 1.165) is 56.6 Å². The van der Waals surface area contributed by atoms with Gasteiger partial charge in [0.1, 0.15) is 0 Å². The Labute approximate surface area is 197 Å². The molecule has 33 heavy (non-hydrogen) atoms. The number of amides is 4. The van der Waals surface area contributed by atoms with Gasteiger partial charge in [-0.1, -0.05) is 24.3 Å². The number of anilines is 2. The summed E-state index contributed by atoms with van der Waals surface area (Å²) >= 11 is 0. The second-order valence-corrected chi connectivity index (χ2v) is 9.51. The molecule has 0 aliphatic carbocycles. The molecule has 0 bridgehead atoms. The first-order chi connectivity index (χ1) is 16.0. The Morgan fingerprint density at radius 1 is 0.697 bits per heavy atom. The zero-order chi connectivity index (χ0) is 23.2. The van der Waals surface area contributed by atoms with Gasteiger partial charge >= 0.3 is 12.1 Å². The van der Waals surface area contributed by atoms with E-state index in [9.17, 15) is 9.59 Å². The largest absolute Gasteiger partial charge is 0.322 e. The predicted octanol–water partition coefficient (Wildman–Crippen LogP) is 6.09. The number of nitrogens with zero attached hydrogens (tertiary/aromatic N) is 2. The molecule has 2 aliphatic rings. The smallest absolute Gasteiger partial charge is 0.322 e. The van der Waals surface area contributed by atoms with Gasteiger partial charge in [-0.25, -0.2) is 9.59 Å². The summed E-state index contributed by atoms with van der Waals surface area (Å²) in [6.45, 7) is 5.90. The summed E-state index contributed by atoms with van der Waals surface area (Å²) in [7, 11) is 0. The second-order valence-electron chi connectivity index (χ2n) is 9.51. The highest BCUT2D eigenvalue weighted by Crippen LogP contribution is 2.21. The van der Waals surface area contributed by atoms with Crippen LogP contribution in [0.25, 0.3) is 0 Å². The lowest BCUT2D eigenvalue weighted by Crippen LogP contribution is -2.44. The molecule has 2 heterocycles. The number of urea groups is 2. The SMILES string of the molecule is CC1CCCCN1C(=O)Nc1ccc(Cc2ccc(NC(=O)N3CCCCC3C)cc2)cc1. The lowest BCUT2D eigenvalue weighted by molar-refractivity contribution is 0.170. The van der Waals surface area contributed by atoms with Crippen LogP contribution >= 0.6 is 0 Å². The molecule has 2 N–H and O–H groups in total. The molecule has 176 valence electrons. The van der Waals surface area contributed by atoms with Crippen LogP contribution in [0.1, 0.15) is 63.5 Å². The van der Waals surface area contributed by atoms with E-state index in [1.54, 1.807) is 0 Å². The maximum absolute atomic E-state index is 12.6. The Morgan fingerprint density at radius 2 is 1.09 bits per heavy atom. The summed E-state index contributed by atoms with van der Waals surface area (Å²) in [4.78, 5) is 29.0. The summed E-state index contributed by atoms with van der Waals surface area (Å²) in [5, 5.41) is 6.06. The number of nitrogens with one attached hydrogen (secondary N) is 2. The molecule has 0 aromatic heterocycles. The fraction of sp³-hybridized carbons (Fsp3) is 0.481. The first-order valence-corrected chi connectivity index (χ1v) is 12.3. The van der Waals surface area contributed by atoms with Gasteiger partial charge in [0, 0.05) is 36.5 Å². The predicted molar refractivity (Wildman–Crippen MR) is 134 cm³/mol. The van der Waals surface area contributed by atoms with Crippen molar-refractivity contribution in [1.29, 1.82) is 0 Å². The molecule has 0 saturated carbocycles. The highest BCUT2D eigenvalue weighted by Gasteiger charge is 2.24. The molecule has 2 aliphatic heterocycles. The van der Waals surface area contributed by atoms with Gasteiger partial charge in [-0.15, -0.1) is 0 Å². The number of piperidine rings is 2. The summed E-state index contributed by atoms with van der Waals surface area (Å²) in [5.41, 5.74) is 4.01. The Hall–Kier alpha value is -3.02. The van der Waals surface area contributed by atoms with E-state index in [4.69, 9.17) is 0 Å². The maximum atomic E-state index is 12.6. The standard InChI is InChI=1S/C27H36N4O2/c1-20-7-3-5-17-30(20)26(32)28-24-13-9-22(10-14-24)19-23-11-15-25(16-12-23)29-27(33)31-18-6-4-8-21(31)2/h9-16,20-21H,3-8,17-19H2,1-2H3,(H,28,32)(H,29,33). The van der Waals surface area contributed by atoms with Crippen LogP contribution in [-0.4, -0.2) is 47.0 Å². The van der Waals surface area contributed by atoms with Gasteiger partial charge in [0.05, 0.1) is 0 Å². The number of carbonyl (C=O) groups excluding carboxylic acids is 2. The molecule has 6 heteroatoms. The molecule has 0 spiro atoms. The van der Waals surface area contributed by atoms with Crippen LogP contribution in [0.3, 0.4) is 0 Å². The van der Waals surface area contributed by atoms with E-state index in [1.165, 1.54) is 24.0 Å². The van der Waals surface area contributed by atoms with E-state index >= 15 is 0 Å². The number of benzene rings is 2. The van der Waals surface area contributed by atoms with Gasteiger partial charge in [-0.05, 0) is 94.2 Å². The van der Waals surface area contributed by atoms with E-state index in [0.29, 0.717) is 12.1 Å². The summed E-state index contributed by atoms with van der Waals surface area (Å²) in [6.07, 6.45) is 7.51. The van der Waals surface area contributed by atoms with Crippen molar-refractivity contribution >= 4 is 23.4 Å². The first-order valence-electron chi connectivity index (χ1n) is 12.3. The molecule has 4 rings (SSSR count). The van der Waals surface area contributed by atoms with E-state index < -0.39 is 0 Å². The number of likely N-dealkylation sites (tertiary alicyclic amines) is 2. The van der Waals surface area contributed by atoms with Crippen molar-refractivity contribution in [2.75, 3.05) is 23.7 Å². The summed E-state index contributed by atoms with van der Waals surface area (Å²) in [5.74, 6) is 0. The van der Waals surface area contributed by atoms with Gasteiger partial charge in [-0.2, -0.15) is 0 Å². The molecule has 2 saturated heterocycles. The molecule has 6 nitrogen and oxygen atoms in total. The normalized spacial score (nSPS) is 20.9. The number of hydrogen-bond donors (Lipinski definition) is 2. The van der Waals surface area contributed by atoms with Gasteiger partial charge in [0.2, 0.25) is 0 Å². The van der Waals surface area contributed by atoms with Crippen molar-refractivity contribution in [1.82, 2.24) is 9.80 Å². The molecule has 2 unspecified atom stereocenters. The fourth-order valence-electron chi connectivity index (χ4n) is 4.84. The highest BCUT2D eigenvalue weighted by atomic mass is 16.2. The lowest BCUT2D eigenvalue weighted by atomic mass is 10.0. The number of rotatable bonds is 4. The van der Waals surface area contributed by atoms with Crippen LogP contribution in [0.4, 0.5) is 21.0 Å². The zero-order valence-electron chi connectivity index (χ0n) is 19.8. The van der Waals surface area contributed by atoms with Crippen molar-refractivity contribution < 1.29 is 9.59 Å². The second kappa shape index (κ2) is 10.7. The number of carbonyl (C=O) groups is 2. The van der Waals surface area contributed by atoms with Crippen molar-refractivity contribution in [2.24, 2.45) is 0 Å². The zero-order valence-corrected chi connectivity index (χ0v) is 19.8. The molecule has 2 aromatic carbocycles. The average molecular weight is 449 g/mol. The van der Waals surface area contributed by atoms with Gasteiger partial charge in [0.15, 0.2) is 0 Å². The average Bonchev–Trinajstić information content (AvgIpc) is 2.82. The molecular weight excluding hydrogens is 412 g/mol. The Bertz CT molecular complexity index is 864. The summed E-state index contributed by atoms with van der Waals surface area (Å²) < 4.78 is 0. The van der Waals surface area contributed by atoms with Gasteiger partial charge in [-0.3, -0.25) is 0 Å². The van der Waals surface area contributed by atoms with Gasteiger partial charge in [0.25, 0.3) is 0 Å². The van der Waals surface area contributed by atoms with Crippen LogP contribution in [-0.2, 0) is 6.42 Å². The molecule has 2 fully saturated rings. The lowest BCUT2D eigenvalue weighted by Gasteiger charge is -2.33. The van der Waals surface area contributed by atoms with Crippen LogP contribution in [0.15, 0.2) is 48.5 Å². The molecular formula is C27H36N4O2. The van der Waals surface area contributed by atoms with E-state index in [-0.39, 0.29) is 12.1 Å². The minimum atomic E-state index is -0.00784. The monoisotopic (exact) mass is 448 g/mol. The molecule has 0 radical (unpaired) electrons. The van der Waals surface area contributed by atoms with Crippen molar-refractivity contribution in [3.63, 3.8) is 0 Å². The van der Waals surface area contributed by atoms with Crippen LogP contribution in [0.5, 0.6) is 0 Å². The van der Waals surface area contributed by atoms with Crippen LogP contribution in [0.2, 0.25) is 0 Å². The van der Waals surface area contributed by atoms with Crippen LogP contribution in [0, 0.1) is 0 Å². The van der Waals surface area contributed by atoms with Gasteiger partial charge < -0.3 is 20.4 Å². The van der Waals surface area contributed by atoms with Crippen molar-refractivity contribution in [3.05, 3.63) is 59.7 Å². The molecule has 2 aromatic rings. The van der Waals surface area contributed by atoms with E-state index in [2.05, 4.69) is 48.7 Å². The van der Waals surface area contributed by atoms with E-state index in [1.807, 2.05) is 34.1 Å². The third kappa shape index (κ3) is 6.06. The Balaban J connectivity index is 1.29.